The van der Waals surface area contributed by atoms with E-state index in [0.717, 1.165) is 24.4 Å². The second-order valence-electron chi connectivity index (χ2n) is 6.88. The molecule has 146 valence electrons. The third-order valence-electron chi connectivity index (χ3n) is 4.26. The van der Waals surface area contributed by atoms with Gasteiger partial charge >= 0.3 is 0 Å². The summed E-state index contributed by atoms with van der Waals surface area (Å²) in [5.41, 5.74) is 1.07. The smallest absolute Gasteiger partial charge is 0.258 e. The number of carbonyl (C=O) groups excluding carboxylic acids is 1. The molecule has 1 amide bonds. The molecule has 1 saturated carbocycles. The second kappa shape index (κ2) is 11.3. The van der Waals surface area contributed by atoms with E-state index in [1.54, 1.807) is 7.05 Å². The lowest BCUT2D eigenvalue weighted by atomic mass is 10.1. The highest BCUT2D eigenvalue weighted by Crippen LogP contribution is 2.18. The van der Waals surface area contributed by atoms with E-state index in [2.05, 4.69) is 41.7 Å². The maximum absolute atomic E-state index is 11.7. The summed E-state index contributed by atoms with van der Waals surface area (Å²) >= 11 is 0. The van der Waals surface area contributed by atoms with Crippen LogP contribution in [-0.2, 0) is 11.3 Å². The summed E-state index contributed by atoms with van der Waals surface area (Å²) in [6.45, 7) is 7.17. The van der Waals surface area contributed by atoms with Gasteiger partial charge in [0.1, 0.15) is 5.75 Å². The number of hydrogen-bond donors (Lipinski definition) is 3. The van der Waals surface area contributed by atoms with Gasteiger partial charge in [-0.3, -0.25) is 9.79 Å². The number of guanidine groups is 1. The lowest BCUT2D eigenvalue weighted by Crippen LogP contribution is -2.43. The number of aliphatic imine (C=N–C) groups is 1. The molecule has 1 atom stereocenters. The summed E-state index contributed by atoms with van der Waals surface area (Å²) in [4.78, 5) is 15.9. The standard InChI is InChI=1S/C19H30N4O2.HI/c1-13(2)14(3)22-19(20-4)21-11-15-6-5-7-17(10-15)25-12-18(24)23-16-8-9-16;/h5-7,10,13-14,16H,8-9,11-12H2,1-4H3,(H,23,24)(H2,20,21,22);1H. The summed E-state index contributed by atoms with van der Waals surface area (Å²) in [7, 11) is 1.76. The number of benzene rings is 1. The van der Waals surface area contributed by atoms with Crippen molar-refractivity contribution in [2.45, 2.75) is 52.2 Å². The number of rotatable bonds is 8. The number of hydrogen-bond acceptors (Lipinski definition) is 3. The van der Waals surface area contributed by atoms with E-state index in [-0.39, 0.29) is 36.5 Å². The van der Waals surface area contributed by atoms with Crippen molar-refractivity contribution in [2.24, 2.45) is 10.9 Å². The maximum Gasteiger partial charge on any atom is 0.258 e. The van der Waals surface area contributed by atoms with Crippen molar-refractivity contribution < 1.29 is 9.53 Å². The zero-order valence-corrected chi connectivity index (χ0v) is 18.4. The van der Waals surface area contributed by atoms with Crippen molar-refractivity contribution in [3.8, 4) is 5.75 Å². The van der Waals surface area contributed by atoms with Gasteiger partial charge in [0.05, 0.1) is 0 Å². The molecule has 7 heteroatoms. The van der Waals surface area contributed by atoms with Crippen LogP contribution in [0.3, 0.4) is 0 Å². The SMILES string of the molecule is CN=C(NCc1cccc(OCC(=O)NC2CC2)c1)NC(C)C(C)C.I. The van der Waals surface area contributed by atoms with Crippen LogP contribution in [0.25, 0.3) is 0 Å². The molecule has 0 spiro atoms. The summed E-state index contributed by atoms with van der Waals surface area (Å²) in [6, 6.07) is 8.45. The Morgan fingerprint density at radius 1 is 1.31 bits per heavy atom. The van der Waals surface area contributed by atoms with E-state index < -0.39 is 0 Å². The average molecular weight is 474 g/mol. The third kappa shape index (κ3) is 8.25. The Morgan fingerprint density at radius 3 is 2.65 bits per heavy atom. The molecule has 1 aromatic rings. The summed E-state index contributed by atoms with van der Waals surface area (Å²) in [6.07, 6.45) is 2.16. The van der Waals surface area contributed by atoms with Crippen LogP contribution >= 0.6 is 24.0 Å². The molecule has 2 rings (SSSR count). The van der Waals surface area contributed by atoms with Crippen LogP contribution in [0.2, 0.25) is 0 Å². The van der Waals surface area contributed by atoms with Crippen molar-refractivity contribution in [3.63, 3.8) is 0 Å². The van der Waals surface area contributed by atoms with Crippen LogP contribution < -0.4 is 20.7 Å². The van der Waals surface area contributed by atoms with Crippen molar-refractivity contribution >= 4 is 35.8 Å². The Morgan fingerprint density at radius 2 is 2.04 bits per heavy atom. The zero-order chi connectivity index (χ0) is 18.2. The van der Waals surface area contributed by atoms with E-state index in [4.69, 9.17) is 4.74 Å². The highest BCUT2D eigenvalue weighted by atomic mass is 127. The maximum atomic E-state index is 11.7. The molecule has 1 fully saturated rings. The van der Waals surface area contributed by atoms with Gasteiger partial charge in [-0.2, -0.15) is 0 Å². The predicted molar refractivity (Wildman–Crippen MR) is 116 cm³/mol. The van der Waals surface area contributed by atoms with E-state index in [9.17, 15) is 4.79 Å². The van der Waals surface area contributed by atoms with Gasteiger partial charge in [-0.15, -0.1) is 24.0 Å². The number of nitrogens with zero attached hydrogens (tertiary/aromatic N) is 1. The average Bonchev–Trinajstić information content (AvgIpc) is 3.40. The first-order valence-electron chi connectivity index (χ1n) is 8.96. The van der Waals surface area contributed by atoms with Crippen LogP contribution in [0.15, 0.2) is 29.3 Å². The Bertz CT molecular complexity index is 603. The minimum atomic E-state index is -0.0571. The van der Waals surface area contributed by atoms with E-state index in [0.29, 0.717) is 30.3 Å². The summed E-state index contributed by atoms with van der Waals surface area (Å²) < 4.78 is 5.58. The Kier molecular flexibility index (Phi) is 9.75. The predicted octanol–water partition coefficient (Wildman–Crippen LogP) is 2.67. The van der Waals surface area contributed by atoms with Gasteiger partial charge in [0.15, 0.2) is 12.6 Å². The molecular weight excluding hydrogens is 443 g/mol. The molecule has 1 unspecified atom stereocenters. The largest absolute Gasteiger partial charge is 0.484 e. The summed E-state index contributed by atoms with van der Waals surface area (Å²) in [5, 5.41) is 9.59. The van der Waals surface area contributed by atoms with Crippen LogP contribution in [0.1, 0.15) is 39.2 Å². The van der Waals surface area contributed by atoms with Gasteiger partial charge in [0.25, 0.3) is 5.91 Å². The van der Waals surface area contributed by atoms with E-state index >= 15 is 0 Å². The number of ether oxygens (including phenoxy) is 1. The first-order valence-corrected chi connectivity index (χ1v) is 8.96. The van der Waals surface area contributed by atoms with Gasteiger partial charge in [0.2, 0.25) is 0 Å². The van der Waals surface area contributed by atoms with Crippen molar-refractivity contribution in [3.05, 3.63) is 29.8 Å². The van der Waals surface area contributed by atoms with Crippen LogP contribution in [0, 0.1) is 5.92 Å². The molecule has 0 aromatic heterocycles. The first kappa shape index (κ1) is 22.5. The second-order valence-corrected chi connectivity index (χ2v) is 6.88. The molecule has 0 heterocycles. The lowest BCUT2D eigenvalue weighted by Gasteiger charge is -2.20. The molecule has 1 aliphatic carbocycles. The van der Waals surface area contributed by atoms with Crippen LogP contribution in [-0.4, -0.2) is 37.6 Å². The van der Waals surface area contributed by atoms with Gasteiger partial charge in [-0.25, -0.2) is 0 Å². The van der Waals surface area contributed by atoms with Gasteiger partial charge in [0, 0.05) is 25.7 Å². The van der Waals surface area contributed by atoms with Crippen molar-refractivity contribution in [1.82, 2.24) is 16.0 Å². The fraction of sp³-hybridized carbons (Fsp3) is 0.579. The number of carbonyl (C=O) groups is 1. The number of halogens is 1. The highest BCUT2D eigenvalue weighted by molar-refractivity contribution is 14.0. The molecular formula is C19H31IN4O2. The van der Waals surface area contributed by atoms with Gasteiger partial charge in [-0.05, 0) is 43.4 Å². The summed E-state index contributed by atoms with van der Waals surface area (Å²) in [5.74, 6) is 1.94. The van der Waals surface area contributed by atoms with E-state index in [1.807, 2.05) is 24.3 Å². The molecule has 0 radical (unpaired) electrons. The molecule has 1 aliphatic rings. The molecule has 1 aromatic carbocycles. The Labute approximate surface area is 173 Å². The van der Waals surface area contributed by atoms with Crippen LogP contribution in [0.5, 0.6) is 5.75 Å². The first-order chi connectivity index (χ1) is 12.0. The van der Waals surface area contributed by atoms with Gasteiger partial charge in [-0.1, -0.05) is 26.0 Å². The zero-order valence-electron chi connectivity index (χ0n) is 16.0. The van der Waals surface area contributed by atoms with Crippen molar-refractivity contribution in [1.29, 1.82) is 0 Å². The molecule has 3 N–H and O–H groups in total. The third-order valence-corrected chi connectivity index (χ3v) is 4.26. The molecule has 0 bridgehead atoms. The van der Waals surface area contributed by atoms with Crippen molar-refractivity contribution in [2.75, 3.05) is 13.7 Å². The Hall–Kier alpha value is -1.51. The normalized spacial score (nSPS) is 15.0. The lowest BCUT2D eigenvalue weighted by molar-refractivity contribution is -0.123. The minimum Gasteiger partial charge on any atom is -0.484 e. The van der Waals surface area contributed by atoms with E-state index in [1.165, 1.54) is 0 Å². The Balaban J connectivity index is 0.00000338. The fourth-order valence-corrected chi connectivity index (χ4v) is 2.15. The quantitative estimate of drug-likeness (QED) is 0.308. The minimum absolute atomic E-state index is 0. The molecule has 26 heavy (non-hydrogen) atoms. The number of nitrogens with one attached hydrogen (secondary N) is 3. The fourth-order valence-electron chi connectivity index (χ4n) is 2.15. The topological polar surface area (TPSA) is 74.8 Å². The van der Waals surface area contributed by atoms with Crippen LogP contribution in [0.4, 0.5) is 0 Å². The monoisotopic (exact) mass is 474 g/mol. The molecule has 0 aliphatic heterocycles. The highest BCUT2D eigenvalue weighted by Gasteiger charge is 2.23. The molecule has 0 saturated heterocycles. The van der Waals surface area contributed by atoms with Gasteiger partial charge < -0.3 is 20.7 Å². The molecule has 6 nitrogen and oxygen atoms in total. The number of amides is 1.